The average Bonchev–Trinajstić information content (AvgIpc) is 3.55. The number of benzene rings is 1. The first-order valence-electron chi connectivity index (χ1n) is 11.1. The number of nitrogens with zero attached hydrogens (tertiary/aromatic N) is 4. The van der Waals surface area contributed by atoms with Crippen LogP contribution in [-0.4, -0.2) is 60.2 Å². The van der Waals surface area contributed by atoms with Crippen LogP contribution in [0.1, 0.15) is 45.8 Å². The van der Waals surface area contributed by atoms with Gasteiger partial charge in [-0.05, 0) is 25.0 Å². The molecule has 1 amide bonds. The number of methoxy groups -OCH3 is 1. The number of carbonyl (C=O) groups is 1. The van der Waals surface area contributed by atoms with E-state index in [1.54, 1.807) is 4.90 Å². The third-order valence-electron chi connectivity index (χ3n) is 6.09. The van der Waals surface area contributed by atoms with Crippen molar-refractivity contribution in [2.45, 2.75) is 31.7 Å². The maximum absolute atomic E-state index is 15.0. The number of ether oxygens (including phenoxy) is 2. The molecule has 1 saturated heterocycles. The van der Waals surface area contributed by atoms with Crippen LogP contribution < -0.4 is 10.1 Å². The Hall–Kier alpha value is -3.51. The van der Waals surface area contributed by atoms with E-state index in [1.165, 1.54) is 19.2 Å². The van der Waals surface area contributed by atoms with E-state index in [4.69, 9.17) is 9.47 Å². The zero-order valence-electron chi connectivity index (χ0n) is 18.4. The topological polar surface area (TPSA) is 100 Å². The van der Waals surface area contributed by atoms with E-state index in [0.29, 0.717) is 67.3 Å². The Morgan fingerprint density at radius 1 is 1.33 bits per heavy atom. The second kappa shape index (κ2) is 8.79. The molecule has 1 aliphatic heterocycles. The summed E-state index contributed by atoms with van der Waals surface area (Å²) in [6.45, 7) is 1.75. The van der Waals surface area contributed by atoms with Crippen molar-refractivity contribution in [1.29, 1.82) is 5.26 Å². The molecule has 2 aromatic rings. The molecule has 2 heterocycles. The molecule has 1 aromatic carbocycles. The van der Waals surface area contributed by atoms with Crippen LogP contribution in [0.3, 0.4) is 0 Å². The average molecular weight is 449 g/mol. The minimum Gasteiger partial charge on any atom is -0.496 e. The van der Waals surface area contributed by atoms with Gasteiger partial charge in [-0.1, -0.05) is 6.08 Å². The molecular formula is C24H24FN5O3. The Morgan fingerprint density at radius 2 is 2.12 bits per heavy atom. The SMILES string of the molecule is COc1cc(C(=O)N2CCOCC2)c(F)cc1Cc1nc2c(c(NC3CC3)n1)C(C#N)=CC2. The van der Waals surface area contributed by atoms with E-state index < -0.39 is 5.82 Å². The molecule has 0 atom stereocenters. The second-order valence-corrected chi connectivity index (χ2v) is 8.39. The number of fused-ring (bicyclic) bond motifs is 1. The lowest BCUT2D eigenvalue weighted by molar-refractivity contribution is 0.0299. The quantitative estimate of drug-likeness (QED) is 0.724. The van der Waals surface area contributed by atoms with E-state index in [-0.39, 0.29) is 17.9 Å². The molecule has 0 unspecified atom stereocenters. The lowest BCUT2D eigenvalue weighted by atomic mass is 10.0. The standard InChI is InChI=1S/C24H24FN5O3/c1-32-20-12-17(24(31)30-6-8-33-9-7-30)18(25)10-15(20)11-21-28-19-5-2-14(13-26)22(19)23(29-21)27-16-3-4-16/h2,10,12,16H,3-9,11H2,1H3,(H,27,28,29). The fourth-order valence-corrected chi connectivity index (χ4v) is 4.19. The van der Waals surface area contributed by atoms with Gasteiger partial charge in [0, 0.05) is 37.5 Å². The number of nitriles is 1. The number of aromatic nitrogens is 2. The third kappa shape index (κ3) is 4.26. The Bertz CT molecular complexity index is 1180. The number of rotatable bonds is 6. The summed E-state index contributed by atoms with van der Waals surface area (Å²) in [7, 11) is 1.49. The molecule has 5 rings (SSSR count). The first kappa shape index (κ1) is 21.3. The van der Waals surface area contributed by atoms with Crippen LogP contribution in [0.5, 0.6) is 5.75 Å². The van der Waals surface area contributed by atoms with Gasteiger partial charge in [-0.2, -0.15) is 5.26 Å². The summed E-state index contributed by atoms with van der Waals surface area (Å²) in [6, 6.07) is 5.36. The van der Waals surface area contributed by atoms with Crippen molar-refractivity contribution in [2.24, 2.45) is 0 Å². The highest BCUT2D eigenvalue weighted by Crippen LogP contribution is 2.35. The fraction of sp³-hybridized carbons (Fsp3) is 0.417. The van der Waals surface area contributed by atoms with E-state index in [9.17, 15) is 10.1 Å². The van der Waals surface area contributed by atoms with Crippen molar-refractivity contribution in [3.05, 3.63) is 52.2 Å². The Kier molecular flexibility index (Phi) is 5.68. The molecule has 3 aliphatic rings. The van der Waals surface area contributed by atoms with Crippen LogP contribution in [0.4, 0.5) is 10.2 Å². The van der Waals surface area contributed by atoms with Crippen molar-refractivity contribution in [1.82, 2.24) is 14.9 Å². The van der Waals surface area contributed by atoms with Gasteiger partial charge < -0.3 is 19.7 Å². The zero-order chi connectivity index (χ0) is 22.9. The number of halogens is 1. The lowest BCUT2D eigenvalue weighted by Gasteiger charge is -2.27. The summed E-state index contributed by atoms with van der Waals surface area (Å²) >= 11 is 0. The summed E-state index contributed by atoms with van der Waals surface area (Å²) in [5, 5.41) is 12.9. The number of amides is 1. The molecule has 33 heavy (non-hydrogen) atoms. The zero-order valence-corrected chi connectivity index (χ0v) is 18.4. The Labute approximate surface area is 191 Å². The number of allylic oxidation sites excluding steroid dienone is 2. The van der Waals surface area contributed by atoms with E-state index in [0.717, 1.165) is 24.1 Å². The number of carbonyl (C=O) groups excluding carboxylic acids is 1. The molecule has 8 nitrogen and oxygen atoms in total. The molecule has 9 heteroatoms. The summed E-state index contributed by atoms with van der Waals surface area (Å²) in [6.07, 6.45) is 4.79. The van der Waals surface area contributed by atoms with Crippen LogP contribution in [0, 0.1) is 17.1 Å². The maximum Gasteiger partial charge on any atom is 0.257 e. The molecule has 0 spiro atoms. The van der Waals surface area contributed by atoms with Crippen LogP contribution >= 0.6 is 0 Å². The Balaban J connectivity index is 1.45. The van der Waals surface area contributed by atoms with E-state index >= 15 is 4.39 Å². The van der Waals surface area contributed by atoms with Gasteiger partial charge in [-0.25, -0.2) is 14.4 Å². The molecule has 1 aromatic heterocycles. The first-order chi connectivity index (χ1) is 16.1. The van der Waals surface area contributed by atoms with Crippen LogP contribution in [0.15, 0.2) is 18.2 Å². The smallest absolute Gasteiger partial charge is 0.257 e. The minimum atomic E-state index is -0.604. The number of hydrogen-bond acceptors (Lipinski definition) is 7. The van der Waals surface area contributed by atoms with Gasteiger partial charge in [-0.15, -0.1) is 0 Å². The van der Waals surface area contributed by atoms with Gasteiger partial charge in [-0.3, -0.25) is 4.79 Å². The number of anilines is 1. The summed E-state index contributed by atoms with van der Waals surface area (Å²) in [4.78, 5) is 23.7. The fourth-order valence-electron chi connectivity index (χ4n) is 4.19. The molecular weight excluding hydrogens is 425 g/mol. The highest BCUT2D eigenvalue weighted by atomic mass is 19.1. The monoisotopic (exact) mass is 449 g/mol. The van der Waals surface area contributed by atoms with Crippen LogP contribution in [0.25, 0.3) is 5.57 Å². The number of morpholine rings is 1. The Morgan fingerprint density at radius 3 is 2.82 bits per heavy atom. The molecule has 1 N–H and O–H groups in total. The number of hydrogen-bond donors (Lipinski definition) is 1. The summed E-state index contributed by atoms with van der Waals surface area (Å²) in [5.41, 5.74) is 2.66. The first-order valence-corrected chi connectivity index (χ1v) is 11.1. The predicted octanol–water partition coefficient (Wildman–Crippen LogP) is 2.72. The molecule has 2 fully saturated rings. The van der Waals surface area contributed by atoms with E-state index in [1.807, 2.05) is 6.08 Å². The predicted molar refractivity (Wildman–Crippen MR) is 118 cm³/mol. The molecule has 1 saturated carbocycles. The van der Waals surface area contributed by atoms with Gasteiger partial charge in [0.15, 0.2) is 0 Å². The molecule has 2 aliphatic carbocycles. The molecule has 0 bridgehead atoms. The van der Waals surface area contributed by atoms with Gasteiger partial charge >= 0.3 is 0 Å². The van der Waals surface area contributed by atoms with Gasteiger partial charge in [0.2, 0.25) is 0 Å². The number of nitrogens with one attached hydrogen (secondary N) is 1. The highest BCUT2D eigenvalue weighted by molar-refractivity contribution is 5.95. The van der Waals surface area contributed by atoms with Crippen molar-refractivity contribution in [2.75, 3.05) is 38.7 Å². The highest BCUT2D eigenvalue weighted by Gasteiger charge is 2.28. The normalized spacial score (nSPS) is 17.2. The van der Waals surface area contributed by atoms with Gasteiger partial charge in [0.05, 0.1) is 48.8 Å². The minimum absolute atomic E-state index is 0.0219. The van der Waals surface area contributed by atoms with Gasteiger partial charge in [0.25, 0.3) is 5.91 Å². The molecule has 0 radical (unpaired) electrons. The van der Waals surface area contributed by atoms with Gasteiger partial charge in [0.1, 0.15) is 23.2 Å². The van der Waals surface area contributed by atoms with Crippen LogP contribution in [-0.2, 0) is 17.6 Å². The molecule has 170 valence electrons. The lowest BCUT2D eigenvalue weighted by Crippen LogP contribution is -2.41. The summed E-state index contributed by atoms with van der Waals surface area (Å²) < 4.78 is 25.8. The maximum atomic E-state index is 15.0. The third-order valence-corrected chi connectivity index (χ3v) is 6.09. The van der Waals surface area contributed by atoms with E-state index in [2.05, 4.69) is 21.4 Å². The second-order valence-electron chi connectivity index (χ2n) is 8.39. The van der Waals surface area contributed by atoms with Crippen molar-refractivity contribution < 1.29 is 18.7 Å². The van der Waals surface area contributed by atoms with Crippen molar-refractivity contribution >= 4 is 17.3 Å². The van der Waals surface area contributed by atoms with Crippen molar-refractivity contribution in [3.8, 4) is 11.8 Å². The van der Waals surface area contributed by atoms with Crippen molar-refractivity contribution in [3.63, 3.8) is 0 Å². The summed E-state index contributed by atoms with van der Waals surface area (Å²) in [5.74, 6) is 0.592. The van der Waals surface area contributed by atoms with Crippen LogP contribution in [0.2, 0.25) is 0 Å². The largest absolute Gasteiger partial charge is 0.496 e.